The summed E-state index contributed by atoms with van der Waals surface area (Å²) in [7, 11) is 0. The molecule has 1 aromatic carbocycles. The van der Waals surface area contributed by atoms with Crippen molar-refractivity contribution in [1.29, 1.82) is 0 Å². The third kappa shape index (κ3) is 4.97. The van der Waals surface area contributed by atoms with Gasteiger partial charge in [-0.1, -0.05) is 19.1 Å². The second-order valence-electron chi connectivity index (χ2n) is 4.97. The van der Waals surface area contributed by atoms with Gasteiger partial charge in [0.1, 0.15) is 5.75 Å². The zero-order valence-corrected chi connectivity index (χ0v) is 12.8. The van der Waals surface area contributed by atoms with E-state index in [1.807, 2.05) is 12.1 Å². The van der Waals surface area contributed by atoms with Crippen LogP contribution in [-0.4, -0.2) is 31.5 Å². The molecule has 0 saturated carbocycles. The highest BCUT2D eigenvalue weighted by atomic mass is 35.5. The second kappa shape index (κ2) is 8.50. The predicted molar refractivity (Wildman–Crippen MR) is 80.5 cm³/mol. The normalized spacial score (nSPS) is 22.1. The molecule has 2 atom stereocenters. The minimum atomic E-state index is -0.223. The summed E-state index contributed by atoms with van der Waals surface area (Å²) in [5.41, 5.74) is 1.33. The number of halogens is 1. The Morgan fingerprint density at radius 3 is 2.60 bits per heavy atom. The number of hydrogen-bond acceptors (Lipinski definition) is 3. The third-order valence-corrected chi connectivity index (χ3v) is 3.82. The fourth-order valence-electron chi connectivity index (χ4n) is 2.10. The average molecular weight is 299 g/mol. The molecule has 1 aromatic rings. The molecular weight excluding hydrogens is 276 g/mol. The maximum Gasteiger partial charge on any atom is 0.173 e. The fraction of sp³-hybridized carbons (Fsp3) is 0.625. The molecule has 0 radical (unpaired) electrons. The molecule has 2 unspecified atom stereocenters. The number of aryl methyl sites for hydroxylation is 1. The van der Waals surface area contributed by atoms with Crippen LogP contribution < -0.4 is 4.74 Å². The van der Waals surface area contributed by atoms with E-state index in [9.17, 15) is 0 Å². The quantitative estimate of drug-likeness (QED) is 0.540. The van der Waals surface area contributed by atoms with Crippen LogP contribution in [0, 0.1) is 0 Å². The minimum Gasteiger partial charge on any atom is -0.494 e. The maximum absolute atomic E-state index is 6.05. The van der Waals surface area contributed by atoms with Crippen LogP contribution in [0.4, 0.5) is 0 Å². The molecular formula is C16H23ClO3. The van der Waals surface area contributed by atoms with Crippen molar-refractivity contribution in [2.24, 2.45) is 0 Å². The summed E-state index contributed by atoms with van der Waals surface area (Å²) >= 11 is 6.05. The first-order valence-electron chi connectivity index (χ1n) is 7.38. The van der Waals surface area contributed by atoms with Crippen molar-refractivity contribution in [3.05, 3.63) is 29.8 Å². The van der Waals surface area contributed by atoms with Gasteiger partial charge in [0.15, 0.2) is 6.29 Å². The Kier molecular flexibility index (Phi) is 6.64. The topological polar surface area (TPSA) is 27.7 Å². The smallest absolute Gasteiger partial charge is 0.173 e. The highest BCUT2D eigenvalue weighted by molar-refractivity contribution is 6.21. The molecule has 0 aromatic heterocycles. The largest absolute Gasteiger partial charge is 0.494 e. The molecule has 3 nitrogen and oxygen atoms in total. The first-order chi connectivity index (χ1) is 9.79. The highest BCUT2D eigenvalue weighted by Gasteiger charge is 2.26. The van der Waals surface area contributed by atoms with Crippen molar-refractivity contribution >= 4 is 11.6 Å². The molecule has 2 rings (SSSR count). The lowest BCUT2D eigenvalue weighted by molar-refractivity contribution is -0.110. The molecule has 1 aliphatic heterocycles. The Hall–Kier alpha value is -0.770. The average Bonchev–Trinajstić information content (AvgIpc) is 2.89. The van der Waals surface area contributed by atoms with Gasteiger partial charge in [0.2, 0.25) is 0 Å². The predicted octanol–water partition coefficient (Wildman–Crippen LogP) is 3.78. The summed E-state index contributed by atoms with van der Waals surface area (Å²) in [6, 6.07) is 8.27. The van der Waals surface area contributed by atoms with Crippen molar-refractivity contribution in [2.45, 2.75) is 44.3 Å². The van der Waals surface area contributed by atoms with Gasteiger partial charge in [0.05, 0.1) is 18.6 Å². The van der Waals surface area contributed by atoms with Crippen LogP contribution in [0.25, 0.3) is 0 Å². The van der Waals surface area contributed by atoms with Gasteiger partial charge in [-0.3, -0.25) is 0 Å². The number of benzene rings is 1. The Morgan fingerprint density at radius 1 is 1.20 bits per heavy atom. The fourth-order valence-corrected chi connectivity index (χ4v) is 2.34. The first-order valence-corrected chi connectivity index (χ1v) is 7.82. The van der Waals surface area contributed by atoms with Crippen molar-refractivity contribution in [1.82, 2.24) is 0 Å². The van der Waals surface area contributed by atoms with E-state index in [0.29, 0.717) is 19.8 Å². The van der Waals surface area contributed by atoms with E-state index in [-0.39, 0.29) is 11.7 Å². The molecule has 0 spiro atoms. The molecule has 0 bridgehead atoms. The number of rotatable bonds is 8. The third-order valence-electron chi connectivity index (χ3n) is 3.39. The summed E-state index contributed by atoms with van der Waals surface area (Å²) in [5, 5.41) is 0.00308. The standard InChI is InChI=1S/C16H23ClO3/c1-2-13-5-7-14(8-6-13)18-10-3-4-11-19-16-15(17)9-12-20-16/h5-8,15-16H,2-4,9-12H2,1H3. The minimum absolute atomic E-state index is 0.00308. The van der Waals surface area contributed by atoms with Gasteiger partial charge in [0, 0.05) is 6.61 Å². The van der Waals surface area contributed by atoms with Crippen LogP contribution in [0.15, 0.2) is 24.3 Å². The van der Waals surface area contributed by atoms with E-state index in [4.69, 9.17) is 25.8 Å². The van der Waals surface area contributed by atoms with Crippen LogP contribution in [0.3, 0.4) is 0 Å². The highest BCUT2D eigenvalue weighted by Crippen LogP contribution is 2.20. The summed E-state index contributed by atoms with van der Waals surface area (Å²) < 4.78 is 16.7. The summed E-state index contributed by atoms with van der Waals surface area (Å²) in [4.78, 5) is 0. The molecule has 0 aliphatic carbocycles. The van der Waals surface area contributed by atoms with Crippen LogP contribution >= 0.6 is 11.6 Å². The monoisotopic (exact) mass is 298 g/mol. The van der Waals surface area contributed by atoms with Gasteiger partial charge in [-0.25, -0.2) is 0 Å². The molecule has 0 N–H and O–H groups in total. The molecule has 20 heavy (non-hydrogen) atoms. The molecule has 1 aliphatic rings. The van der Waals surface area contributed by atoms with Crippen molar-refractivity contribution < 1.29 is 14.2 Å². The lowest BCUT2D eigenvalue weighted by atomic mass is 10.2. The lowest BCUT2D eigenvalue weighted by Gasteiger charge is -2.14. The van der Waals surface area contributed by atoms with E-state index in [2.05, 4.69) is 19.1 Å². The molecule has 0 amide bonds. The van der Waals surface area contributed by atoms with Crippen LogP contribution in [0.5, 0.6) is 5.75 Å². The van der Waals surface area contributed by atoms with Gasteiger partial charge >= 0.3 is 0 Å². The Balaban J connectivity index is 1.52. The number of ether oxygens (including phenoxy) is 3. The van der Waals surface area contributed by atoms with Gasteiger partial charge in [0.25, 0.3) is 0 Å². The number of alkyl halides is 1. The van der Waals surface area contributed by atoms with Crippen molar-refractivity contribution in [2.75, 3.05) is 19.8 Å². The van der Waals surface area contributed by atoms with E-state index < -0.39 is 0 Å². The van der Waals surface area contributed by atoms with E-state index >= 15 is 0 Å². The van der Waals surface area contributed by atoms with E-state index in [1.54, 1.807) is 0 Å². The maximum atomic E-state index is 6.05. The van der Waals surface area contributed by atoms with Gasteiger partial charge < -0.3 is 14.2 Å². The van der Waals surface area contributed by atoms with Gasteiger partial charge in [-0.05, 0) is 43.4 Å². The Morgan fingerprint density at radius 2 is 1.95 bits per heavy atom. The summed E-state index contributed by atoms with van der Waals surface area (Å²) in [6.07, 6.45) is 3.64. The lowest BCUT2D eigenvalue weighted by Crippen LogP contribution is -2.20. The Bertz CT molecular complexity index is 380. The summed E-state index contributed by atoms with van der Waals surface area (Å²) in [6.45, 7) is 4.24. The number of hydrogen-bond donors (Lipinski definition) is 0. The number of unbranched alkanes of at least 4 members (excludes halogenated alkanes) is 1. The van der Waals surface area contributed by atoms with Crippen LogP contribution in [-0.2, 0) is 15.9 Å². The molecule has 112 valence electrons. The molecule has 1 heterocycles. The van der Waals surface area contributed by atoms with Gasteiger partial charge in [-0.2, -0.15) is 0 Å². The zero-order chi connectivity index (χ0) is 14.2. The van der Waals surface area contributed by atoms with Crippen molar-refractivity contribution in [3.8, 4) is 5.75 Å². The Labute approximate surface area is 126 Å². The SMILES string of the molecule is CCc1ccc(OCCCCOC2OCCC2Cl)cc1. The summed E-state index contributed by atoms with van der Waals surface area (Å²) in [5.74, 6) is 0.933. The molecule has 4 heteroatoms. The van der Waals surface area contributed by atoms with Crippen molar-refractivity contribution in [3.63, 3.8) is 0 Å². The van der Waals surface area contributed by atoms with Crippen LogP contribution in [0.1, 0.15) is 31.7 Å². The molecule has 1 saturated heterocycles. The van der Waals surface area contributed by atoms with E-state index in [1.165, 1.54) is 5.56 Å². The second-order valence-corrected chi connectivity index (χ2v) is 5.53. The van der Waals surface area contributed by atoms with Gasteiger partial charge in [-0.15, -0.1) is 11.6 Å². The zero-order valence-electron chi connectivity index (χ0n) is 12.0. The van der Waals surface area contributed by atoms with E-state index in [0.717, 1.165) is 31.4 Å². The molecule has 1 fully saturated rings. The van der Waals surface area contributed by atoms with Crippen LogP contribution in [0.2, 0.25) is 0 Å². The first kappa shape index (κ1) is 15.6.